The molecule has 6 atom stereocenters. The maximum atomic E-state index is 13.0. The Hall–Kier alpha value is -2.04. The van der Waals surface area contributed by atoms with Crippen LogP contribution in [0, 0.1) is 0 Å². The molecule has 0 saturated carbocycles. The van der Waals surface area contributed by atoms with Gasteiger partial charge in [0.15, 0.2) is 24.0 Å². The maximum Gasteiger partial charge on any atom is 0.252 e. The van der Waals surface area contributed by atoms with Gasteiger partial charge < -0.3 is 34.3 Å². The van der Waals surface area contributed by atoms with Gasteiger partial charge in [-0.2, -0.15) is 0 Å². The van der Waals surface area contributed by atoms with Crippen LogP contribution in [0.4, 0.5) is 5.69 Å². The molecule has 9 heteroatoms. The molecule has 3 heterocycles. The predicted molar refractivity (Wildman–Crippen MR) is 105 cm³/mol. The van der Waals surface area contributed by atoms with E-state index < -0.39 is 54.2 Å². The van der Waals surface area contributed by atoms with Crippen molar-refractivity contribution in [3.8, 4) is 0 Å². The number of ether oxygens (including phenoxy) is 5. The monoisotopic (exact) mass is 420 g/mol. The summed E-state index contributed by atoms with van der Waals surface area (Å²) in [6.45, 7) is 8.69. The van der Waals surface area contributed by atoms with Crippen LogP contribution in [0.15, 0.2) is 30.3 Å². The zero-order valence-corrected chi connectivity index (χ0v) is 17.7. The van der Waals surface area contributed by atoms with E-state index in [1.54, 1.807) is 46.8 Å². The average Bonchev–Trinajstić information content (AvgIpc) is 3.15. The summed E-state index contributed by atoms with van der Waals surface area (Å²) >= 11 is 0. The van der Waals surface area contributed by atoms with Gasteiger partial charge in [0.2, 0.25) is 5.91 Å². The van der Waals surface area contributed by atoms with Gasteiger partial charge in [0.1, 0.15) is 24.4 Å². The standard InChI is InChI=1S/C21H28N2O7/c1-11(17(24)23-12-9-7-6-8-10-12)22-18(25)15-13-14(28-20(2,3)27-13)16-19(26-15)30-21(4,5)29-16/h6-11,13-16,19H,1-5H3,(H,22,25)(H,23,24)/t11-,13-,14+,15+,16+,19+/m0/s1. The van der Waals surface area contributed by atoms with Crippen molar-refractivity contribution < 1.29 is 33.3 Å². The normalized spacial score (nSPS) is 34.5. The van der Waals surface area contributed by atoms with E-state index in [2.05, 4.69) is 10.6 Å². The minimum Gasteiger partial charge on any atom is -0.342 e. The molecule has 4 rings (SSSR count). The summed E-state index contributed by atoms with van der Waals surface area (Å²) in [4.78, 5) is 25.5. The smallest absolute Gasteiger partial charge is 0.252 e. The topological polar surface area (TPSA) is 104 Å². The van der Waals surface area contributed by atoms with Crippen LogP contribution in [-0.4, -0.2) is 60.1 Å². The summed E-state index contributed by atoms with van der Waals surface area (Å²) in [6.07, 6.45) is -3.53. The van der Waals surface area contributed by atoms with Crippen molar-refractivity contribution in [1.82, 2.24) is 5.32 Å². The number of hydrogen-bond donors (Lipinski definition) is 2. The lowest BCUT2D eigenvalue weighted by atomic mass is 9.98. The molecule has 0 aromatic heterocycles. The highest BCUT2D eigenvalue weighted by molar-refractivity contribution is 5.97. The van der Waals surface area contributed by atoms with Gasteiger partial charge in [-0.25, -0.2) is 0 Å². The fourth-order valence-corrected chi connectivity index (χ4v) is 3.96. The number of fused-ring (bicyclic) bond motifs is 3. The molecule has 0 bridgehead atoms. The van der Waals surface area contributed by atoms with Gasteiger partial charge in [-0.3, -0.25) is 9.59 Å². The van der Waals surface area contributed by atoms with Crippen LogP contribution in [-0.2, 0) is 33.3 Å². The van der Waals surface area contributed by atoms with Crippen molar-refractivity contribution in [3.05, 3.63) is 30.3 Å². The number of nitrogens with one attached hydrogen (secondary N) is 2. The number of anilines is 1. The van der Waals surface area contributed by atoms with Crippen LogP contribution in [0.2, 0.25) is 0 Å². The van der Waals surface area contributed by atoms with E-state index in [1.165, 1.54) is 0 Å². The maximum absolute atomic E-state index is 13.0. The van der Waals surface area contributed by atoms with E-state index in [9.17, 15) is 9.59 Å². The molecule has 164 valence electrons. The SMILES string of the molecule is C[C@H](NC(=O)[C@@H]1O[C@@H]2OC(C)(C)O[C@@H]2[C@@H]2OC(C)(C)O[C@@H]21)C(=O)Nc1ccccc1. The third kappa shape index (κ3) is 4.21. The van der Waals surface area contributed by atoms with Crippen LogP contribution in [0.1, 0.15) is 34.6 Å². The molecular formula is C21H28N2O7. The Morgan fingerprint density at radius 3 is 2.20 bits per heavy atom. The first-order valence-corrected chi connectivity index (χ1v) is 10.1. The highest BCUT2D eigenvalue weighted by Gasteiger charge is 2.62. The highest BCUT2D eigenvalue weighted by Crippen LogP contribution is 2.44. The fraction of sp³-hybridized carbons (Fsp3) is 0.619. The van der Waals surface area contributed by atoms with E-state index in [1.807, 2.05) is 18.2 Å². The summed E-state index contributed by atoms with van der Waals surface area (Å²) in [7, 11) is 0. The summed E-state index contributed by atoms with van der Waals surface area (Å²) in [5, 5.41) is 5.46. The number of amides is 2. The van der Waals surface area contributed by atoms with Crippen molar-refractivity contribution in [2.45, 2.75) is 82.9 Å². The van der Waals surface area contributed by atoms with Crippen molar-refractivity contribution in [3.63, 3.8) is 0 Å². The Morgan fingerprint density at radius 2 is 1.50 bits per heavy atom. The van der Waals surface area contributed by atoms with E-state index in [4.69, 9.17) is 23.7 Å². The molecule has 0 radical (unpaired) electrons. The summed E-state index contributed by atoms with van der Waals surface area (Å²) in [5.41, 5.74) is 0.647. The minimum absolute atomic E-state index is 0.342. The first kappa shape index (κ1) is 21.2. The Labute approximate surface area is 175 Å². The Kier molecular flexibility index (Phi) is 5.36. The first-order chi connectivity index (χ1) is 14.0. The Morgan fingerprint density at radius 1 is 0.900 bits per heavy atom. The molecule has 0 unspecified atom stereocenters. The van der Waals surface area contributed by atoms with Gasteiger partial charge in [-0.05, 0) is 46.8 Å². The molecule has 1 aromatic rings. The predicted octanol–water partition coefficient (Wildman–Crippen LogP) is 1.53. The lowest BCUT2D eigenvalue weighted by Crippen LogP contribution is -2.60. The van der Waals surface area contributed by atoms with E-state index in [0.29, 0.717) is 5.69 Å². The second-order valence-corrected chi connectivity index (χ2v) is 8.68. The molecule has 3 saturated heterocycles. The van der Waals surface area contributed by atoms with Crippen LogP contribution in [0.5, 0.6) is 0 Å². The first-order valence-electron chi connectivity index (χ1n) is 10.1. The summed E-state index contributed by atoms with van der Waals surface area (Å²) in [6, 6.07) is 8.24. The molecule has 2 N–H and O–H groups in total. The molecule has 9 nitrogen and oxygen atoms in total. The van der Waals surface area contributed by atoms with Crippen molar-refractivity contribution >= 4 is 17.5 Å². The average molecular weight is 420 g/mol. The molecular weight excluding hydrogens is 392 g/mol. The number of carbonyl (C=O) groups is 2. The zero-order valence-electron chi connectivity index (χ0n) is 17.7. The molecule has 0 aliphatic carbocycles. The number of benzene rings is 1. The van der Waals surface area contributed by atoms with Crippen LogP contribution in [0.3, 0.4) is 0 Å². The van der Waals surface area contributed by atoms with Crippen LogP contribution in [0.25, 0.3) is 0 Å². The zero-order chi connectivity index (χ0) is 21.7. The molecule has 3 aliphatic rings. The molecule has 3 fully saturated rings. The van der Waals surface area contributed by atoms with Gasteiger partial charge in [-0.15, -0.1) is 0 Å². The van der Waals surface area contributed by atoms with Gasteiger partial charge in [0.25, 0.3) is 5.91 Å². The largest absolute Gasteiger partial charge is 0.342 e. The number of rotatable bonds is 4. The molecule has 3 aliphatic heterocycles. The lowest BCUT2D eigenvalue weighted by Gasteiger charge is -2.36. The lowest BCUT2D eigenvalue weighted by molar-refractivity contribution is -0.231. The Bertz CT molecular complexity index is 813. The van der Waals surface area contributed by atoms with Gasteiger partial charge in [-0.1, -0.05) is 18.2 Å². The van der Waals surface area contributed by atoms with Gasteiger partial charge >= 0.3 is 0 Å². The van der Waals surface area contributed by atoms with E-state index in [0.717, 1.165) is 0 Å². The third-order valence-electron chi connectivity index (χ3n) is 5.21. The van der Waals surface area contributed by atoms with Crippen LogP contribution < -0.4 is 10.6 Å². The van der Waals surface area contributed by atoms with E-state index in [-0.39, 0.29) is 5.91 Å². The summed E-state index contributed by atoms with van der Waals surface area (Å²) < 4.78 is 29.6. The molecule has 1 aromatic carbocycles. The molecule has 30 heavy (non-hydrogen) atoms. The summed E-state index contributed by atoms with van der Waals surface area (Å²) in [5.74, 6) is -2.60. The molecule has 0 spiro atoms. The number of carbonyl (C=O) groups excluding carboxylic acids is 2. The van der Waals surface area contributed by atoms with Gasteiger partial charge in [0, 0.05) is 5.69 Å². The minimum atomic E-state index is -1.01. The number of para-hydroxylation sites is 1. The van der Waals surface area contributed by atoms with Crippen LogP contribution >= 0.6 is 0 Å². The van der Waals surface area contributed by atoms with Gasteiger partial charge in [0.05, 0.1) is 0 Å². The molecule has 2 amide bonds. The second-order valence-electron chi connectivity index (χ2n) is 8.68. The second kappa shape index (κ2) is 7.58. The highest BCUT2D eigenvalue weighted by atomic mass is 16.9. The quantitative estimate of drug-likeness (QED) is 0.761. The van der Waals surface area contributed by atoms with Crippen molar-refractivity contribution in [2.75, 3.05) is 5.32 Å². The Balaban J connectivity index is 1.45. The fourth-order valence-electron chi connectivity index (χ4n) is 3.96. The number of hydrogen-bond acceptors (Lipinski definition) is 7. The van der Waals surface area contributed by atoms with Crippen molar-refractivity contribution in [1.29, 1.82) is 0 Å². The van der Waals surface area contributed by atoms with Crippen molar-refractivity contribution in [2.24, 2.45) is 0 Å². The third-order valence-corrected chi connectivity index (χ3v) is 5.21. The van der Waals surface area contributed by atoms with E-state index >= 15 is 0 Å².